The van der Waals surface area contributed by atoms with Gasteiger partial charge in [0.25, 0.3) is 0 Å². The predicted octanol–water partition coefficient (Wildman–Crippen LogP) is 22.8. The molecule has 0 spiro atoms. The van der Waals surface area contributed by atoms with Crippen molar-refractivity contribution in [1.82, 2.24) is 33.6 Å². The second-order valence-corrected chi connectivity index (χ2v) is 25.1. The molecule has 0 saturated heterocycles. The summed E-state index contributed by atoms with van der Waals surface area (Å²) in [6.45, 7) is 6.51. The Morgan fingerprint density at radius 2 is 0.510 bits per heavy atom. The molecule has 5 aromatic heterocycles. The maximum atomic E-state index is 6.17. The second-order valence-electron chi connectivity index (χ2n) is 25.1. The molecule has 0 aliphatic carbocycles. The Labute approximate surface area is 555 Å². The molecule has 0 atom stereocenters. The number of pyridine rings is 1. The van der Waals surface area contributed by atoms with Crippen LogP contribution >= 0.6 is 0 Å². The van der Waals surface area contributed by atoms with Crippen molar-refractivity contribution in [3.63, 3.8) is 0 Å². The lowest BCUT2D eigenvalue weighted by Gasteiger charge is -2.25. The van der Waals surface area contributed by atoms with Crippen molar-refractivity contribution in [3.05, 3.63) is 332 Å². The molecule has 7 nitrogen and oxygen atoms in total. The first-order chi connectivity index (χ1) is 47.3. The smallest absolute Gasteiger partial charge is 0.164 e. The van der Waals surface area contributed by atoms with Gasteiger partial charge in [0.05, 0.1) is 44.5 Å². The van der Waals surface area contributed by atoms with Crippen LogP contribution in [0.15, 0.2) is 315 Å². The van der Waals surface area contributed by atoms with E-state index in [0.717, 1.165) is 123 Å². The summed E-state index contributed by atoms with van der Waals surface area (Å²) in [5, 5.41) is 7.34. The molecule has 18 rings (SSSR count). The Hall–Kier alpha value is -12.6. The van der Waals surface area contributed by atoms with Crippen LogP contribution in [0.4, 0.5) is 0 Å². The Kier molecular flexibility index (Phi) is 13.4. The standard InChI is InChI=1S/C89H61N7/c1-56-35-50-79-73(53-56)68-27-15-18-32-76(68)94(79)65-44-38-60(39-45-65)83-84(71-30-13-14-31-72(71)89-92-87(63-23-9-5-10-24-63)91-88(93-89)64-25-11-6-12-26-64)82(59-21-7-4-8-22-59)85(61-40-46-66(47-41-61)95-77-33-19-16-28-69(77)74-54-57(2)36-51-80(74)95)90-86(83)62-42-48-67(49-43-62)96-78-34-20-17-29-70(78)75-55-58(3)37-52-81(75)96/h4-55H,1-3H3. The van der Waals surface area contributed by atoms with Crippen LogP contribution in [0, 0.1) is 20.8 Å². The minimum absolute atomic E-state index is 0.552. The summed E-state index contributed by atoms with van der Waals surface area (Å²) in [5.41, 5.74) is 25.9. The van der Waals surface area contributed by atoms with E-state index in [1.807, 2.05) is 36.4 Å². The summed E-state index contributed by atoms with van der Waals surface area (Å²) in [4.78, 5) is 22.3. The number of aromatic nitrogens is 7. The topological polar surface area (TPSA) is 66.3 Å². The van der Waals surface area contributed by atoms with Crippen LogP contribution in [-0.2, 0) is 0 Å². The average molecular weight is 1230 g/mol. The van der Waals surface area contributed by atoms with Crippen LogP contribution in [0.25, 0.3) is 173 Å². The molecule has 96 heavy (non-hydrogen) atoms. The number of rotatable bonds is 11. The van der Waals surface area contributed by atoms with E-state index in [1.54, 1.807) is 0 Å². The summed E-state index contributed by atoms with van der Waals surface area (Å²) in [7, 11) is 0. The van der Waals surface area contributed by atoms with E-state index in [1.165, 1.54) is 49.0 Å². The van der Waals surface area contributed by atoms with Gasteiger partial charge in [0.2, 0.25) is 0 Å². The zero-order valence-electron chi connectivity index (χ0n) is 53.2. The van der Waals surface area contributed by atoms with Gasteiger partial charge in [0.15, 0.2) is 17.5 Å². The van der Waals surface area contributed by atoms with Crippen molar-refractivity contribution in [1.29, 1.82) is 0 Å². The van der Waals surface area contributed by atoms with Crippen molar-refractivity contribution in [3.8, 4) is 107 Å². The van der Waals surface area contributed by atoms with E-state index in [-0.39, 0.29) is 0 Å². The van der Waals surface area contributed by atoms with Gasteiger partial charge in [-0.3, -0.25) is 0 Å². The third-order valence-corrected chi connectivity index (χ3v) is 19.1. The van der Waals surface area contributed by atoms with Crippen molar-refractivity contribution >= 4 is 65.4 Å². The minimum atomic E-state index is 0.552. The third-order valence-electron chi connectivity index (χ3n) is 19.1. The molecular formula is C89H61N7. The molecule has 0 aliphatic heterocycles. The summed E-state index contributed by atoms with van der Waals surface area (Å²) in [5.74, 6) is 1.72. The lowest BCUT2D eigenvalue weighted by molar-refractivity contribution is 1.07. The highest BCUT2D eigenvalue weighted by Crippen LogP contribution is 2.52. The lowest BCUT2D eigenvalue weighted by atomic mass is 9.82. The highest BCUT2D eigenvalue weighted by Gasteiger charge is 2.29. The summed E-state index contributed by atoms with van der Waals surface area (Å²) < 4.78 is 7.18. The SMILES string of the molecule is Cc1ccc2c(c1)c1ccccc1n2-c1ccc(-c2nc(-c3ccc(-n4c5ccccc5c5cc(C)ccc54)cc3)c(-c3ccc(-n4c5ccccc5c5cc(C)ccc54)cc3)c(-c3ccccc3-c3nc(-c4ccccc4)nc(-c4ccccc4)n3)c2-c2ccccc2)cc1. The van der Waals surface area contributed by atoms with Gasteiger partial charge >= 0.3 is 0 Å². The molecule has 0 saturated carbocycles. The summed E-state index contributed by atoms with van der Waals surface area (Å²) in [6.07, 6.45) is 0. The summed E-state index contributed by atoms with van der Waals surface area (Å²) in [6, 6.07) is 114. The van der Waals surface area contributed by atoms with Gasteiger partial charge in [-0.05, 0) is 128 Å². The first-order valence-corrected chi connectivity index (χ1v) is 32.8. The molecule has 5 heterocycles. The van der Waals surface area contributed by atoms with Crippen LogP contribution in [0.3, 0.4) is 0 Å². The predicted molar refractivity (Wildman–Crippen MR) is 398 cm³/mol. The van der Waals surface area contributed by atoms with Gasteiger partial charge in [0, 0.05) is 93.9 Å². The third kappa shape index (κ3) is 9.42. The fraction of sp³-hybridized carbons (Fsp3) is 0.0337. The van der Waals surface area contributed by atoms with Gasteiger partial charge in [-0.1, -0.05) is 241 Å². The molecule has 0 N–H and O–H groups in total. The van der Waals surface area contributed by atoms with Gasteiger partial charge < -0.3 is 13.7 Å². The number of benzene rings is 13. The largest absolute Gasteiger partial charge is 0.309 e. The van der Waals surface area contributed by atoms with E-state index < -0.39 is 0 Å². The first-order valence-electron chi connectivity index (χ1n) is 32.8. The lowest BCUT2D eigenvalue weighted by Crippen LogP contribution is -2.04. The fourth-order valence-electron chi connectivity index (χ4n) is 14.7. The fourth-order valence-corrected chi connectivity index (χ4v) is 14.7. The molecule has 0 amide bonds. The maximum Gasteiger partial charge on any atom is 0.164 e. The quantitative estimate of drug-likeness (QED) is 0.129. The van der Waals surface area contributed by atoms with Crippen LogP contribution < -0.4 is 0 Å². The van der Waals surface area contributed by atoms with Crippen LogP contribution in [0.2, 0.25) is 0 Å². The molecule has 18 aromatic rings. The number of para-hydroxylation sites is 3. The van der Waals surface area contributed by atoms with Crippen LogP contribution in [0.1, 0.15) is 16.7 Å². The van der Waals surface area contributed by atoms with E-state index in [2.05, 4.69) is 314 Å². The Morgan fingerprint density at radius 1 is 0.208 bits per heavy atom. The Bertz CT molecular complexity index is 6010. The molecule has 0 bridgehead atoms. The highest BCUT2D eigenvalue weighted by molar-refractivity contribution is 6.13. The minimum Gasteiger partial charge on any atom is -0.309 e. The van der Waals surface area contributed by atoms with Crippen molar-refractivity contribution in [2.75, 3.05) is 0 Å². The number of fused-ring (bicyclic) bond motifs is 9. The second kappa shape index (κ2) is 22.9. The van der Waals surface area contributed by atoms with E-state index in [4.69, 9.17) is 19.9 Å². The van der Waals surface area contributed by atoms with E-state index >= 15 is 0 Å². The molecule has 452 valence electrons. The van der Waals surface area contributed by atoms with Crippen molar-refractivity contribution in [2.24, 2.45) is 0 Å². The van der Waals surface area contributed by atoms with E-state index in [9.17, 15) is 0 Å². The van der Waals surface area contributed by atoms with Gasteiger partial charge in [0.1, 0.15) is 0 Å². The number of hydrogen-bond acceptors (Lipinski definition) is 4. The number of nitrogens with zero attached hydrogens (tertiary/aromatic N) is 7. The first kappa shape index (κ1) is 56.2. The average Bonchev–Trinajstić information content (AvgIpc) is 0.876. The van der Waals surface area contributed by atoms with Gasteiger partial charge in [-0.15, -0.1) is 0 Å². The molecule has 0 unspecified atom stereocenters. The molecule has 0 radical (unpaired) electrons. The van der Waals surface area contributed by atoms with Crippen molar-refractivity contribution in [2.45, 2.75) is 20.8 Å². The summed E-state index contributed by atoms with van der Waals surface area (Å²) >= 11 is 0. The Balaban J connectivity index is 0.939. The molecule has 0 fully saturated rings. The van der Waals surface area contributed by atoms with Crippen molar-refractivity contribution < 1.29 is 0 Å². The molecular weight excluding hydrogens is 1170 g/mol. The molecule has 13 aromatic carbocycles. The number of hydrogen-bond donors (Lipinski definition) is 0. The monoisotopic (exact) mass is 1230 g/mol. The van der Waals surface area contributed by atoms with Crippen LogP contribution in [0.5, 0.6) is 0 Å². The Morgan fingerprint density at radius 3 is 0.906 bits per heavy atom. The highest BCUT2D eigenvalue weighted by atomic mass is 15.0. The molecule has 7 heteroatoms. The van der Waals surface area contributed by atoms with Gasteiger partial charge in [-0.2, -0.15) is 0 Å². The number of aryl methyl sites for hydroxylation is 3. The maximum absolute atomic E-state index is 6.17. The van der Waals surface area contributed by atoms with Crippen LogP contribution in [-0.4, -0.2) is 33.6 Å². The zero-order chi connectivity index (χ0) is 64.0. The van der Waals surface area contributed by atoms with Gasteiger partial charge in [-0.25, -0.2) is 19.9 Å². The molecule has 0 aliphatic rings. The zero-order valence-corrected chi connectivity index (χ0v) is 53.2. The van der Waals surface area contributed by atoms with E-state index in [0.29, 0.717) is 17.5 Å². The normalized spacial score (nSPS) is 11.7.